The standard InChI is InChI=1S/C12H20N2O2/c1-4-10-5-6-11(16-10)12(15)14-8-7-13-9(2)3/h5-6,9,13H,4,7-8H2,1-3H3,(H,14,15). The summed E-state index contributed by atoms with van der Waals surface area (Å²) < 4.78 is 5.34. The number of furan rings is 1. The first-order valence-corrected chi connectivity index (χ1v) is 5.73. The van der Waals surface area contributed by atoms with Gasteiger partial charge in [-0.05, 0) is 12.1 Å². The van der Waals surface area contributed by atoms with Crippen molar-refractivity contribution in [3.8, 4) is 0 Å². The molecule has 2 N–H and O–H groups in total. The van der Waals surface area contributed by atoms with Crippen molar-refractivity contribution in [3.05, 3.63) is 23.7 Å². The van der Waals surface area contributed by atoms with Crippen molar-refractivity contribution in [2.75, 3.05) is 13.1 Å². The second-order valence-electron chi connectivity index (χ2n) is 3.98. The highest BCUT2D eigenvalue weighted by Gasteiger charge is 2.09. The molecule has 0 fully saturated rings. The van der Waals surface area contributed by atoms with Gasteiger partial charge in [-0.1, -0.05) is 20.8 Å². The normalized spacial score (nSPS) is 10.8. The average molecular weight is 224 g/mol. The van der Waals surface area contributed by atoms with E-state index in [1.54, 1.807) is 6.07 Å². The summed E-state index contributed by atoms with van der Waals surface area (Å²) in [6.07, 6.45) is 0.808. The third-order valence-corrected chi connectivity index (χ3v) is 2.20. The van der Waals surface area contributed by atoms with Gasteiger partial charge < -0.3 is 15.1 Å². The van der Waals surface area contributed by atoms with E-state index in [-0.39, 0.29) is 5.91 Å². The Morgan fingerprint density at radius 3 is 2.69 bits per heavy atom. The van der Waals surface area contributed by atoms with Crippen LogP contribution in [0.25, 0.3) is 0 Å². The van der Waals surface area contributed by atoms with E-state index in [4.69, 9.17) is 4.42 Å². The van der Waals surface area contributed by atoms with E-state index >= 15 is 0 Å². The van der Waals surface area contributed by atoms with Crippen LogP contribution in [0.2, 0.25) is 0 Å². The van der Waals surface area contributed by atoms with Crippen LogP contribution in [0.5, 0.6) is 0 Å². The predicted molar refractivity (Wildman–Crippen MR) is 63.6 cm³/mol. The molecule has 0 spiro atoms. The van der Waals surface area contributed by atoms with Gasteiger partial charge in [0.25, 0.3) is 5.91 Å². The molecule has 0 aromatic carbocycles. The van der Waals surface area contributed by atoms with Crippen LogP contribution in [0.15, 0.2) is 16.5 Å². The van der Waals surface area contributed by atoms with E-state index in [0.29, 0.717) is 18.3 Å². The zero-order valence-electron chi connectivity index (χ0n) is 10.2. The summed E-state index contributed by atoms with van der Waals surface area (Å²) in [7, 11) is 0. The quantitative estimate of drug-likeness (QED) is 0.721. The molecule has 0 saturated carbocycles. The first-order chi connectivity index (χ1) is 7.63. The molecule has 4 heteroatoms. The smallest absolute Gasteiger partial charge is 0.287 e. The minimum absolute atomic E-state index is 0.148. The van der Waals surface area contributed by atoms with E-state index in [2.05, 4.69) is 24.5 Å². The third-order valence-electron chi connectivity index (χ3n) is 2.20. The van der Waals surface area contributed by atoms with Crippen LogP contribution in [-0.4, -0.2) is 25.0 Å². The lowest BCUT2D eigenvalue weighted by Gasteiger charge is -2.08. The summed E-state index contributed by atoms with van der Waals surface area (Å²) in [5.41, 5.74) is 0. The Labute approximate surface area is 96.4 Å². The Morgan fingerprint density at radius 2 is 2.12 bits per heavy atom. The monoisotopic (exact) mass is 224 g/mol. The summed E-state index contributed by atoms with van der Waals surface area (Å²) in [5.74, 6) is 1.08. The predicted octanol–water partition coefficient (Wildman–Crippen LogP) is 1.57. The molecule has 1 heterocycles. The molecule has 0 radical (unpaired) electrons. The largest absolute Gasteiger partial charge is 0.456 e. The van der Waals surface area contributed by atoms with Crippen molar-refractivity contribution in [2.24, 2.45) is 0 Å². The lowest BCUT2D eigenvalue weighted by molar-refractivity contribution is 0.0924. The minimum atomic E-state index is -0.148. The van der Waals surface area contributed by atoms with Crippen molar-refractivity contribution in [2.45, 2.75) is 33.2 Å². The maximum absolute atomic E-state index is 11.6. The van der Waals surface area contributed by atoms with Crippen molar-refractivity contribution in [1.82, 2.24) is 10.6 Å². The van der Waals surface area contributed by atoms with Gasteiger partial charge in [-0.3, -0.25) is 4.79 Å². The zero-order chi connectivity index (χ0) is 12.0. The molecule has 1 rings (SSSR count). The Hall–Kier alpha value is -1.29. The summed E-state index contributed by atoms with van der Waals surface area (Å²) in [6, 6.07) is 3.98. The first-order valence-electron chi connectivity index (χ1n) is 5.73. The molecule has 0 aliphatic rings. The van der Waals surface area contributed by atoms with Crippen LogP contribution >= 0.6 is 0 Å². The molecule has 16 heavy (non-hydrogen) atoms. The summed E-state index contributed by atoms with van der Waals surface area (Å²) in [6.45, 7) is 7.51. The van der Waals surface area contributed by atoms with Crippen LogP contribution in [0.1, 0.15) is 37.1 Å². The van der Waals surface area contributed by atoms with E-state index in [9.17, 15) is 4.79 Å². The van der Waals surface area contributed by atoms with Crippen LogP contribution in [0.3, 0.4) is 0 Å². The topological polar surface area (TPSA) is 54.3 Å². The fourth-order valence-corrected chi connectivity index (χ4v) is 1.31. The number of nitrogens with one attached hydrogen (secondary N) is 2. The number of hydrogen-bond acceptors (Lipinski definition) is 3. The van der Waals surface area contributed by atoms with E-state index < -0.39 is 0 Å². The lowest BCUT2D eigenvalue weighted by atomic mass is 10.3. The molecule has 1 aromatic rings. The molecular formula is C12H20N2O2. The first kappa shape index (κ1) is 12.8. The molecule has 0 aliphatic carbocycles. The Morgan fingerprint density at radius 1 is 1.38 bits per heavy atom. The van der Waals surface area contributed by atoms with Gasteiger partial charge in [0.05, 0.1) is 0 Å². The SMILES string of the molecule is CCc1ccc(C(=O)NCCNC(C)C)o1. The lowest BCUT2D eigenvalue weighted by Crippen LogP contribution is -2.34. The molecule has 1 aromatic heterocycles. The molecule has 0 aliphatic heterocycles. The van der Waals surface area contributed by atoms with Crippen LogP contribution in [0, 0.1) is 0 Å². The number of carbonyl (C=O) groups is 1. The molecule has 90 valence electrons. The van der Waals surface area contributed by atoms with Gasteiger partial charge in [0.1, 0.15) is 5.76 Å². The van der Waals surface area contributed by atoms with Gasteiger partial charge in [-0.15, -0.1) is 0 Å². The highest BCUT2D eigenvalue weighted by atomic mass is 16.3. The van der Waals surface area contributed by atoms with Gasteiger partial charge in [0.2, 0.25) is 0 Å². The highest BCUT2D eigenvalue weighted by molar-refractivity contribution is 5.91. The number of amides is 1. The molecule has 1 amide bonds. The zero-order valence-corrected chi connectivity index (χ0v) is 10.2. The average Bonchev–Trinajstić information content (AvgIpc) is 2.72. The van der Waals surface area contributed by atoms with E-state index in [1.165, 1.54) is 0 Å². The molecule has 0 atom stereocenters. The highest BCUT2D eigenvalue weighted by Crippen LogP contribution is 2.07. The molecule has 0 bridgehead atoms. The van der Waals surface area contributed by atoms with Crippen molar-refractivity contribution >= 4 is 5.91 Å². The van der Waals surface area contributed by atoms with Crippen molar-refractivity contribution < 1.29 is 9.21 Å². The summed E-state index contributed by atoms with van der Waals surface area (Å²) in [4.78, 5) is 11.6. The molecule has 0 saturated heterocycles. The van der Waals surface area contributed by atoms with Crippen molar-refractivity contribution in [3.63, 3.8) is 0 Å². The molecule has 4 nitrogen and oxygen atoms in total. The van der Waals surface area contributed by atoms with Crippen LogP contribution in [-0.2, 0) is 6.42 Å². The maximum atomic E-state index is 11.6. The van der Waals surface area contributed by atoms with Crippen molar-refractivity contribution in [1.29, 1.82) is 0 Å². The summed E-state index contributed by atoms with van der Waals surface area (Å²) in [5, 5.41) is 6.02. The van der Waals surface area contributed by atoms with E-state index in [1.807, 2.05) is 13.0 Å². The van der Waals surface area contributed by atoms with E-state index in [0.717, 1.165) is 18.7 Å². The third kappa shape index (κ3) is 4.06. The van der Waals surface area contributed by atoms with Crippen LogP contribution < -0.4 is 10.6 Å². The van der Waals surface area contributed by atoms with Gasteiger partial charge in [0, 0.05) is 25.6 Å². The number of carbonyl (C=O) groups excluding carboxylic acids is 1. The van der Waals surface area contributed by atoms with Crippen LogP contribution in [0.4, 0.5) is 0 Å². The Balaban J connectivity index is 2.29. The van der Waals surface area contributed by atoms with Gasteiger partial charge in [-0.25, -0.2) is 0 Å². The fourth-order valence-electron chi connectivity index (χ4n) is 1.31. The molecular weight excluding hydrogens is 204 g/mol. The maximum Gasteiger partial charge on any atom is 0.287 e. The van der Waals surface area contributed by atoms with Gasteiger partial charge in [-0.2, -0.15) is 0 Å². The van der Waals surface area contributed by atoms with Gasteiger partial charge >= 0.3 is 0 Å². The minimum Gasteiger partial charge on any atom is -0.456 e. The Bertz CT molecular complexity index is 332. The Kier molecular flexibility index (Phi) is 5.05. The number of aryl methyl sites for hydroxylation is 1. The fraction of sp³-hybridized carbons (Fsp3) is 0.583. The molecule has 0 unspecified atom stereocenters. The summed E-state index contributed by atoms with van der Waals surface area (Å²) >= 11 is 0. The second-order valence-corrected chi connectivity index (χ2v) is 3.98. The van der Waals surface area contributed by atoms with Gasteiger partial charge in [0.15, 0.2) is 5.76 Å². The number of hydrogen-bond donors (Lipinski definition) is 2. The number of rotatable bonds is 6. The second kappa shape index (κ2) is 6.33.